The summed E-state index contributed by atoms with van der Waals surface area (Å²) in [5.41, 5.74) is 4.71. The highest BCUT2D eigenvalue weighted by Gasteiger charge is 2.28. The van der Waals surface area contributed by atoms with Crippen molar-refractivity contribution in [3.05, 3.63) is 51.7 Å². The van der Waals surface area contributed by atoms with Crippen molar-refractivity contribution in [3.63, 3.8) is 0 Å². The van der Waals surface area contributed by atoms with Gasteiger partial charge in [0.25, 0.3) is 0 Å². The van der Waals surface area contributed by atoms with Crippen LogP contribution in [0, 0.1) is 0 Å². The van der Waals surface area contributed by atoms with Gasteiger partial charge >= 0.3 is 0 Å². The van der Waals surface area contributed by atoms with Gasteiger partial charge in [-0.05, 0) is 36.3 Å². The topological polar surface area (TPSA) is 45.2 Å². The molecule has 98 valence electrons. The third-order valence-electron chi connectivity index (χ3n) is 3.81. The first-order valence-electron chi connectivity index (χ1n) is 6.50. The Labute approximate surface area is 124 Å². The fourth-order valence-electron chi connectivity index (χ4n) is 2.87. The first-order chi connectivity index (χ1) is 9.74. The highest BCUT2D eigenvalue weighted by molar-refractivity contribution is 9.10. The molecule has 0 amide bonds. The minimum absolute atomic E-state index is 0.178. The number of fused-ring (bicyclic) bond motifs is 4. The Hall–Kier alpha value is -1.94. The fourth-order valence-corrected chi connectivity index (χ4v) is 3.23. The van der Waals surface area contributed by atoms with Crippen LogP contribution in [0.4, 0.5) is 0 Å². The number of aromatic nitrogens is 1. The molecule has 2 aliphatic rings. The average Bonchev–Trinajstić information content (AvgIpc) is 2.63. The van der Waals surface area contributed by atoms with E-state index in [4.69, 9.17) is 0 Å². The molecule has 4 rings (SSSR count). The lowest BCUT2D eigenvalue weighted by Gasteiger charge is -2.15. The number of carbonyl (C=O) groups is 1. The minimum Gasteiger partial charge on any atom is -0.353 e. The number of nitrogens with one attached hydrogen (secondary N) is 1. The molecule has 1 aromatic heterocycles. The van der Waals surface area contributed by atoms with Crippen molar-refractivity contribution in [1.82, 2.24) is 4.98 Å². The normalized spacial score (nSPS) is 17.4. The average molecular weight is 327 g/mol. The zero-order chi connectivity index (χ0) is 13.7. The lowest BCUT2D eigenvalue weighted by molar-refractivity contribution is -0.115. The Balaban J connectivity index is 2.05. The standard InChI is InChI=1S/C16H11BrN2O/c17-9-4-5-13-11(7-9)12-8-14(20)10-3-1-2-6-18-15(10)16(12)19-13/h1-2,4-7,19H,3,8H2. The number of Topliss-reactive ketones (excluding diaryl/α,β-unsaturated/α-hetero) is 1. The van der Waals surface area contributed by atoms with Gasteiger partial charge in [0.2, 0.25) is 0 Å². The summed E-state index contributed by atoms with van der Waals surface area (Å²) in [6, 6.07) is 6.09. The van der Waals surface area contributed by atoms with E-state index in [2.05, 4.69) is 32.0 Å². The molecule has 1 aromatic carbocycles. The predicted molar refractivity (Wildman–Crippen MR) is 83.9 cm³/mol. The number of hydrogen-bond acceptors (Lipinski definition) is 2. The Morgan fingerprint density at radius 3 is 3.10 bits per heavy atom. The van der Waals surface area contributed by atoms with E-state index in [0.717, 1.165) is 37.9 Å². The molecule has 0 spiro atoms. The van der Waals surface area contributed by atoms with Gasteiger partial charge in [-0.1, -0.05) is 22.0 Å². The van der Waals surface area contributed by atoms with E-state index in [1.807, 2.05) is 24.3 Å². The number of H-pyrrole nitrogens is 1. The maximum absolute atomic E-state index is 12.4. The third-order valence-corrected chi connectivity index (χ3v) is 4.31. The molecule has 1 aliphatic heterocycles. The molecule has 1 aliphatic carbocycles. The quantitative estimate of drug-likeness (QED) is 0.786. The summed E-state index contributed by atoms with van der Waals surface area (Å²) in [5.74, 6) is 0.178. The van der Waals surface area contributed by atoms with E-state index in [9.17, 15) is 4.79 Å². The van der Waals surface area contributed by atoms with Crippen LogP contribution in [0.1, 0.15) is 17.7 Å². The van der Waals surface area contributed by atoms with Crippen LogP contribution in [0.15, 0.2) is 45.4 Å². The highest BCUT2D eigenvalue weighted by Crippen LogP contribution is 2.37. The first kappa shape index (κ1) is 11.9. The van der Waals surface area contributed by atoms with Gasteiger partial charge in [0, 0.05) is 33.6 Å². The Kier molecular flexibility index (Phi) is 2.54. The van der Waals surface area contributed by atoms with Crippen LogP contribution in [0.2, 0.25) is 0 Å². The molecule has 1 N–H and O–H groups in total. The van der Waals surface area contributed by atoms with Crippen molar-refractivity contribution in [2.24, 2.45) is 4.99 Å². The van der Waals surface area contributed by atoms with E-state index < -0.39 is 0 Å². The minimum atomic E-state index is 0.178. The summed E-state index contributed by atoms with van der Waals surface area (Å²) < 4.78 is 1.02. The second-order valence-corrected chi connectivity index (χ2v) is 5.92. The Bertz CT molecular complexity index is 840. The van der Waals surface area contributed by atoms with Crippen LogP contribution in [0.5, 0.6) is 0 Å². The number of hydrogen-bond donors (Lipinski definition) is 1. The summed E-state index contributed by atoms with van der Waals surface area (Å²) in [7, 11) is 0. The summed E-state index contributed by atoms with van der Waals surface area (Å²) in [6.45, 7) is 0. The van der Waals surface area contributed by atoms with Gasteiger partial charge in [-0.3, -0.25) is 9.79 Å². The SMILES string of the molecule is O=C1Cc2c([nH]c3ccc(Br)cc23)C2=C1CC=CC=N2. The summed E-state index contributed by atoms with van der Waals surface area (Å²) >= 11 is 3.49. The van der Waals surface area contributed by atoms with Crippen LogP contribution in [-0.4, -0.2) is 17.0 Å². The van der Waals surface area contributed by atoms with Gasteiger partial charge in [-0.15, -0.1) is 0 Å². The molecule has 0 bridgehead atoms. The number of allylic oxidation sites excluding steroid dienone is 3. The molecule has 0 radical (unpaired) electrons. The number of benzene rings is 1. The van der Waals surface area contributed by atoms with Gasteiger partial charge in [-0.25, -0.2) is 0 Å². The molecule has 2 aromatic rings. The highest BCUT2D eigenvalue weighted by atomic mass is 79.9. The number of ketones is 1. The van der Waals surface area contributed by atoms with Gasteiger partial charge in [0.1, 0.15) is 0 Å². The zero-order valence-electron chi connectivity index (χ0n) is 10.6. The molecule has 4 heteroatoms. The fraction of sp³-hybridized carbons (Fsp3) is 0.125. The lowest BCUT2D eigenvalue weighted by atomic mass is 9.90. The lowest BCUT2D eigenvalue weighted by Crippen LogP contribution is -2.14. The van der Waals surface area contributed by atoms with Crippen LogP contribution in [0.3, 0.4) is 0 Å². The van der Waals surface area contributed by atoms with Crippen LogP contribution in [0.25, 0.3) is 16.6 Å². The largest absolute Gasteiger partial charge is 0.353 e. The maximum Gasteiger partial charge on any atom is 0.165 e. The number of rotatable bonds is 0. The van der Waals surface area contributed by atoms with Crippen molar-refractivity contribution in [1.29, 1.82) is 0 Å². The second kappa shape index (κ2) is 4.28. The van der Waals surface area contributed by atoms with Crippen LogP contribution < -0.4 is 0 Å². The van der Waals surface area contributed by atoms with Crippen molar-refractivity contribution < 1.29 is 4.79 Å². The number of carbonyl (C=O) groups excluding carboxylic acids is 1. The molecule has 0 fully saturated rings. The van der Waals surface area contributed by atoms with Crippen LogP contribution in [-0.2, 0) is 11.2 Å². The third kappa shape index (κ3) is 1.64. The first-order valence-corrected chi connectivity index (χ1v) is 7.29. The number of aromatic amines is 1. The number of aliphatic imine (C=N–C) groups is 1. The van der Waals surface area contributed by atoms with Crippen molar-refractivity contribution >= 4 is 44.5 Å². The van der Waals surface area contributed by atoms with Gasteiger partial charge in [-0.2, -0.15) is 0 Å². The molecule has 0 atom stereocenters. The van der Waals surface area contributed by atoms with E-state index in [1.165, 1.54) is 0 Å². The predicted octanol–water partition coefficient (Wildman–Crippen LogP) is 3.80. The van der Waals surface area contributed by atoms with Gasteiger partial charge in [0.05, 0.1) is 11.4 Å². The Morgan fingerprint density at radius 1 is 1.30 bits per heavy atom. The molecule has 3 nitrogen and oxygen atoms in total. The van der Waals surface area contributed by atoms with E-state index in [-0.39, 0.29) is 5.78 Å². The molecule has 2 heterocycles. The maximum atomic E-state index is 12.4. The van der Waals surface area contributed by atoms with E-state index >= 15 is 0 Å². The smallest absolute Gasteiger partial charge is 0.165 e. The molecule has 0 saturated heterocycles. The Morgan fingerprint density at radius 2 is 2.20 bits per heavy atom. The van der Waals surface area contributed by atoms with Crippen molar-refractivity contribution in [2.45, 2.75) is 12.8 Å². The van der Waals surface area contributed by atoms with Crippen LogP contribution >= 0.6 is 15.9 Å². The summed E-state index contributed by atoms with van der Waals surface area (Å²) in [5, 5.41) is 1.10. The second-order valence-electron chi connectivity index (χ2n) is 5.01. The van der Waals surface area contributed by atoms with E-state index in [1.54, 1.807) is 6.21 Å². The van der Waals surface area contributed by atoms with Crippen molar-refractivity contribution in [3.8, 4) is 0 Å². The molecule has 20 heavy (non-hydrogen) atoms. The molecule has 0 unspecified atom stereocenters. The van der Waals surface area contributed by atoms with E-state index in [0.29, 0.717) is 12.8 Å². The molecule has 0 saturated carbocycles. The van der Waals surface area contributed by atoms with Crippen molar-refractivity contribution in [2.75, 3.05) is 0 Å². The monoisotopic (exact) mass is 326 g/mol. The molecular weight excluding hydrogens is 316 g/mol. The summed E-state index contributed by atoms with van der Waals surface area (Å²) in [4.78, 5) is 20.3. The number of halogens is 1. The van der Waals surface area contributed by atoms with Gasteiger partial charge < -0.3 is 4.98 Å². The summed E-state index contributed by atoms with van der Waals surface area (Å²) in [6.07, 6.45) is 6.74. The van der Waals surface area contributed by atoms with Gasteiger partial charge in [0.15, 0.2) is 5.78 Å². The zero-order valence-corrected chi connectivity index (χ0v) is 12.2. The molecular formula is C16H11BrN2O. The number of nitrogens with zero attached hydrogens (tertiary/aromatic N) is 1.